The average molecular weight is 548 g/mol. The number of aromatic nitrogens is 4. The number of nitrogens with zero attached hydrogens (tertiary/aromatic N) is 4. The van der Waals surface area contributed by atoms with Gasteiger partial charge in [0.25, 0.3) is 5.56 Å². The van der Waals surface area contributed by atoms with Crippen LogP contribution in [0.5, 0.6) is 11.5 Å². The van der Waals surface area contributed by atoms with E-state index >= 15 is 0 Å². The molecule has 0 saturated carbocycles. The van der Waals surface area contributed by atoms with Crippen molar-refractivity contribution in [1.82, 2.24) is 24.6 Å². The van der Waals surface area contributed by atoms with Crippen LogP contribution >= 0.6 is 0 Å². The Morgan fingerprint density at radius 1 is 1.10 bits per heavy atom. The number of ether oxygens (including phenoxy) is 1. The average Bonchev–Trinajstić information content (AvgIpc) is 3.31. The fourth-order valence-electron chi connectivity index (χ4n) is 5.03. The highest BCUT2D eigenvalue weighted by Gasteiger charge is 2.27. The molecule has 4 N–H and O–H groups in total. The van der Waals surface area contributed by atoms with Crippen molar-refractivity contribution in [1.29, 1.82) is 0 Å². The molecular weight excluding hydrogens is 518 g/mol. The van der Waals surface area contributed by atoms with Gasteiger partial charge in [-0.25, -0.2) is 4.68 Å². The van der Waals surface area contributed by atoms with Gasteiger partial charge in [0.15, 0.2) is 0 Å². The van der Waals surface area contributed by atoms with E-state index in [0.717, 1.165) is 22.6 Å². The Balaban J connectivity index is 1.38. The van der Waals surface area contributed by atoms with E-state index in [1.54, 1.807) is 16.9 Å². The first-order valence-corrected chi connectivity index (χ1v) is 13.3. The van der Waals surface area contributed by atoms with E-state index in [4.69, 9.17) is 15.6 Å². The number of likely N-dealkylation sites (N-methyl/N-ethyl adjacent to an activating group) is 1. The van der Waals surface area contributed by atoms with Crippen molar-refractivity contribution in [3.8, 4) is 28.4 Å². The molecule has 3 heterocycles. The minimum absolute atomic E-state index is 0.217. The largest absolute Gasteiger partial charge is 0.457 e. The van der Waals surface area contributed by atoms with Crippen molar-refractivity contribution in [2.24, 2.45) is 0 Å². The van der Waals surface area contributed by atoms with Gasteiger partial charge in [0.05, 0.1) is 11.4 Å². The van der Waals surface area contributed by atoms with Gasteiger partial charge in [-0.15, -0.1) is 0 Å². The molecule has 41 heavy (non-hydrogen) atoms. The lowest BCUT2D eigenvalue weighted by Gasteiger charge is -2.21. The van der Waals surface area contributed by atoms with E-state index in [0.29, 0.717) is 53.1 Å². The molecule has 1 amide bonds. The first-order valence-electron chi connectivity index (χ1n) is 13.3. The van der Waals surface area contributed by atoms with Gasteiger partial charge < -0.3 is 25.7 Å². The van der Waals surface area contributed by atoms with E-state index < -0.39 is 0 Å². The highest BCUT2D eigenvalue weighted by molar-refractivity contribution is 6.03. The number of carbonyl (C=O) groups is 1. The van der Waals surface area contributed by atoms with Crippen molar-refractivity contribution < 1.29 is 9.53 Å². The van der Waals surface area contributed by atoms with Gasteiger partial charge in [-0.05, 0) is 69.4 Å². The highest BCUT2D eigenvalue weighted by atomic mass is 16.5. The summed E-state index contributed by atoms with van der Waals surface area (Å²) in [6.45, 7) is 0.660. The second-order valence-corrected chi connectivity index (χ2v) is 10.1. The molecule has 3 aromatic heterocycles. The lowest BCUT2D eigenvalue weighted by Crippen LogP contribution is -2.18. The molecule has 0 fully saturated rings. The van der Waals surface area contributed by atoms with Gasteiger partial charge in [0.2, 0.25) is 5.91 Å². The van der Waals surface area contributed by atoms with Crippen LogP contribution in [0.2, 0.25) is 0 Å². The molecule has 0 unspecified atom stereocenters. The summed E-state index contributed by atoms with van der Waals surface area (Å²) in [5, 5.41) is 8.08. The van der Waals surface area contributed by atoms with Crippen molar-refractivity contribution in [3.05, 3.63) is 101 Å². The van der Waals surface area contributed by atoms with Crippen LogP contribution in [0, 0.1) is 0 Å². The van der Waals surface area contributed by atoms with E-state index in [1.807, 2.05) is 79.7 Å². The van der Waals surface area contributed by atoms with Crippen LogP contribution in [-0.2, 0) is 17.6 Å². The number of carbonyl (C=O) groups excluding carboxylic acids is 1. The zero-order valence-corrected chi connectivity index (χ0v) is 22.7. The molecule has 0 radical (unpaired) electrons. The number of aryl methyl sites for hydroxylation is 1. The summed E-state index contributed by atoms with van der Waals surface area (Å²) in [5.74, 6) is 1.40. The van der Waals surface area contributed by atoms with Gasteiger partial charge in [0, 0.05) is 41.3 Å². The molecule has 6 rings (SSSR count). The topological polar surface area (TPSA) is 131 Å². The molecule has 1 aliphatic rings. The summed E-state index contributed by atoms with van der Waals surface area (Å²) in [4.78, 5) is 35.4. The lowest BCUT2D eigenvalue weighted by molar-refractivity contribution is -0.111. The zero-order chi connectivity index (χ0) is 28.5. The minimum Gasteiger partial charge on any atom is -0.457 e. The van der Waals surface area contributed by atoms with Gasteiger partial charge in [-0.1, -0.05) is 24.3 Å². The number of aromatic amines is 1. The molecule has 2 aromatic carbocycles. The molecule has 1 aliphatic carbocycles. The Morgan fingerprint density at radius 2 is 1.85 bits per heavy atom. The van der Waals surface area contributed by atoms with Crippen LogP contribution in [0.25, 0.3) is 27.8 Å². The number of rotatable bonds is 7. The number of hydrogen-bond acceptors (Lipinski definition) is 7. The van der Waals surface area contributed by atoms with Crippen molar-refractivity contribution >= 4 is 28.3 Å². The van der Waals surface area contributed by atoms with Crippen LogP contribution in [0.3, 0.4) is 0 Å². The van der Waals surface area contributed by atoms with Crippen LogP contribution in [0.15, 0.2) is 83.8 Å². The van der Waals surface area contributed by atoms with E-state index in [1.165, 1.54) is 6.08 Å². The van der Waals surface area contributed by atoms with Crippen LogP contribution < -0.4 is 21.3 Å². The van der Waals surface area contributed by atoms with Crippen molar-refractivity contribution in [3.63, 3.8) is 0 Å². The predicted octanol–water partition coefficient (Wildman–Crippen LogP) is 4.31. The zero-order valence-electron chi connectivity index (χ0n) is 22.7. The summed E-state index contributed by atoms with van der Waals surface area (Å²) < 4.78 is 7.46. The number of nitrogens with two attached hydrogens (primary N) is 1. The Morgan fingerprint density at radius 3 is 2.61 bits per heavy atom. The van der Waals surface area contributed by atoms with Gasteiger partial charge in [-0.3, -0.25) is 14.6 Å². The standard InChI is InChI=1S/C31H29N7O3/c1-37(2)18-6-9-25(39)34-23-16-17-33-28-22(23)14-15-24-26(28)29-27(31(40)35-24)30(32)38(36-29)19-10-12-21(13-11-19)41-20-7-4-3-5-8-20/h3-13,16-17H,14-15,18,32H2,1-2H3,(H,35,40)(H,33,34,39)/b9-6+. The first kappa shape index (κ1) is 26.0. The molecule has 5 aromatic rings. The smallest absolute Gasteiger partial charge is 0.261 e. The van der Waals surface area contributed by atoms with Gasteiger partial charge in [0.1, 0.15) is 28.2 Å². The maximum Gasteiger partial charge on any atom is 0.261 e. The molecule has 206 valence electrons. The Kier molecular flexibility index (Phi) is 6.82. The molecular formula is C31H29N7O3. The van der Waals surface area contributed by atoms with E-state index in [9.17, 15) is 9.59 Å². The van der Waals surface area contributed by atoms with E-state index in [2.05, 4.69) is 15.3 Å². The van der Waals surface area contributed by atoms with E-state index in [-0.39, 0.29) is 17.3 Å². The highest BCUT2D eigenvalue weighted by Crippen LogP contribution is 2.39. The van der Waals surface area contributed by atoms with Crippen molar-refractivity contribution in [2.75, 3.05) is 31.7 Å². The Hall–Kier alpha value is -5.22. The number of nitrogens with one attached hydrogen (secondary N) is 2. The normalized spacial score (nSPS) is 12.5. The minimum atomic E-state index is -0.300. The quantitative estimate of drug-likeness (QED) is 0.259. The Bertz CT molecular complexity index is 1840. The summed E-state index contributed by atoms with van der Waals surface area (Å²) in [5.41, 5.74) is 11.1. The number of amides is 1. The molecule has 0 saturated heterocycles. The maximum atomic E-state index is 13.1. The summed E-state index contributed by atoms with van der Waals surface area (Å²) >= 11 is 0. The summed E-state index contributed by atoms with van der Waals surface area (Å²) in [7, 11) is 3.88. The summed E-state index contributed by atoms with van der Waals surface area (Å²) in [6, 6.07) is 18.6. The number of H-pyrrole nitrogens is 1. The lowest BCUT2D eigenvalue weighted by atomic mass is 9.90. The maximum absolute atomic E-state index is 13.1. The predicted molar refractivity (Wildman–Crippen MR) is 160 cm³/mol. The monoisotopic (exact) mass is 547 g/mol. The fraction of sp³-hybridized carbons (Fsp3) is 0.161. The number of benzene rings is 2. The number of nitrogen functional groups attached to an aromatic ring is 1. The second kappa shape index (κ2) is 10.7. The molecule has 0 bridgehead atoms. The van der Waals surface area contributed by atoms with Crippen molar-refractivity contribution in [2.45, 2.75) is 12.8 Å². The fourth-order valence-corrected chi connectivity index (χ4v) is 5.03. The molecule has 10 heteroatoms. The number of anilines is 2. The SMILES string of the molecule is CN(C)C/C=C/C(=O)Nc1ccnc2c1CCc1[nH]c(=O)c3c(N)n(-c4ccc(Oc5ccccc5)cc4)nc3c1-2. The third kappa shape index (κ3) is 5.08. The number of hydrogen-bond donors (Lipinski definition) is 3. The summed E-state index contributed by atoms with van der Waals surface area (Å²) in [6.07, 6.45) is 6.15. The third-order valence-corrected chi connectivity index (χ3v) is 6.93. The van der Waals surface area contributed by atoms with Gasteiger partial charge in [-0.2, -0.15) is 5.10 Å². The molecule has 0 aliphatic heterocycles. The molecule has 0 spiro atoms. The Labute approximate surface area is 236 Å². The number of para-hydroxylation sites is 1. The molecule has 0 atom stereocenters. The number of fused-ring (bicyclic) bond motifs is 5. The molecule has 10 nitrogen and oxygen atoms in total. The van der Waals surface area contributed by atoms with Crippen LogP contribution in [0.1, 0.15) is 11.3 Å². The number of pyridine rings is 2. The third-order valence-electron chi connectivity index (χ3n) is 6.93. The van der Waals surface area contributed by atoms with Crippen LogP contribution in [-0.4, -0.2) is 51.2 Å². The van der Waals surface area contributed by atoms with Crippen LogP contribution in [0.4, 0.5) is 11.5 Å². The first-order chi connectivity index (χ1) is 19.9. The van der Waals surface area contributed by atoms with Gasteiger partial charge >= 0.3 is 0 Å². The second-order valence-electron chi connectivity index (χ2n) is 10.1.